The summed E-state index contributed by atoms with van der Waals surface area (Å²) in [6.07, 6.45) is 2.31. The Morgan fingerprint density at radius 3 is 2.88 bits per heavy atom. The van der Waals surface area contributed by atoms with Crippen LogP contribution < -0.4 is 4.65 Å². The Kier molecular flexibility index (Phi) is 4.01. The first-order valence-electron chi connectivity index (χ1n) is 8.33. The van der Waals surface area contributed by atoms with Crippen LogP contribution in [0.15, 0.2) is 48.7 Å². The van der Waals surface area contributed by atoms with E-state index >= 15 is 0 Å². The molecule has 0 spiro atoms. The molecule has 4 rings (SSSR count). The molecule has 6 nitrogen and oxygen atoms in total. The number of benzene rings is 2. The van der Waals surface area contributed by atoms with Crippen molar-refractivity contribution in [2.75, 3.05) is 0 Å². The molecule has 1 aliphatic rings. The molecule has 1 aromatic heterocycles. The highest BCUT2D eigenvalue weighted by molar-refractivity contribution is 6.47. The molecule has 3 aromatic rings. The maximum Gasteiger partial charge on any atom is 0.526 e. The third-order valence-electron chi connectivity index (χ3n) is 4.78. The van der Waals surface area contributed by atoms with Crippen LogP contribution in [0, 0.1) is 0 Å². The summed E-state index contributed by atoms with van der Waals surface area (Å²) >= 11 is 0. The Balaban J connectivity index is 1.56. The number of rotatable bonds is 4. The highest BCUT2D eigenvalue weighted by atomic mass is 16.5. The molecule has 26 heavy (non-hydrogen) atoms. The van der Waals surface area contributed by atoms with E-state index in [-0.39, 0.29) is 23.5 Å². The van der Waals surface area contributed by atoms with Gasteiger partial charge in [0, 0.05) is 29.5 Å². The van der Waals surface area contributed by atoms with Crippen LogP contribution in [-0.2, 0) is 6.42 Å². The minimum Gasteiger partial charge on any atom is -0.535 e. The van der Waals surface area contributed by atoms with Crippen LogP contribution in [0.5, 0.6) is 5.75 Å². The van der Waals surface area contributed by atoms with Crippen LogP contribution in [0.2, 0.25) is 5.82 Å². The Bertz CT molecular complexity index is 1010. The van der Waals surface area contributed by atoms with Gasteiger partial charge >= 0.3 is 13.1 Å². The van der Waals surface area contributed by atoms with Gasteiger partial charge in [0.1, 0.15) is 5.75 Å². The summed E-state index contributed by atoms with van der Waals surface area (Å²) in [5.74, 6) is -1.45. The summed E-state index contributed by atoms with van der Waals surface area (Å²) < 4.78 is 5.45. The average Bonchev–Trinajstić information content (AvgIpc) is 3.09. The summed E-state index contributed by atoms with van der Waals surface area (Å²) in [5, 5.41) is 20.5. The van der Waals surface area contributed by atoms with E-state index in [4.69, 9.17) is 4.65 Å². The zero-order valence-electron chi connectivity index (χ0n) is 13.8. The predicted molar refractivity (Wildman–Crippen MR) is 96.7 cm³/mol. The molecule has 0 unspecified atom stereocenters. The van der Waals surface area contributed by atoms with Crippen molar-refractivity contribution in [2.24, 2.45) is 0 Å². The number of nitrogens with one attached hydrogen (secondary N) is 1. The molecule has 0 amide bonds. The number of carboxylic acids is 1. The minimum absolute atomic E-state index is 0.0172. The van der Waals surface area contributed by atoms with Gasteiger partial charge in [0.05, 0.1) is 5.56 Å². The summed E-state index contributed by atoms with van der Waals surface area (Å²) in [4.78, 5) is 27.0. The number of carbonyl (C=O) groups is 2. The molecule has 1 atom stereocenters. The number of hydrogen-bond donors (Lipinski definition) is 3. The standard InChI is InChI=1S/C19H16BNO5/c22-17(12-5-4-11-6-7-21-16(11)9-12)10-14-8-13-2-1-3-15(19(23)24)18(13)26-20(14)25/h1-7,9,14,21,25H,8,10H2,(H,23,24)/t14-/m1/s1. The van der Waals surface area contributed by atoms with E-state index in [1.54, 1.807) is 24.3 Å². The van der Waals surface area contributed by atoms with Gasteiger partial charge in [-0.3, -0.25) is 4.79 Å². The normalized spacial score (nSPS) is 16.2. The number of para-hydroxylation sites is 1. The van der Waals surface area contributed by atoms with Crippen molar-refractivity contribution in [1.82, 2.24) is 4.98 Å². The molecule has 0 fully saturated rings. The van der Waals surface area contributed by atoms with Crippen molar-refractivity contribution in [3.8, 4) is 5.75 Å². The van der Waals surface area contributed by atoms with E-state index in [0.29, 0.717) is 17.5 Å². The molecule has 0 bridgehead atoms. The number of carbonyl (C=O) groups excluding carboxylic acids is 1. The van der Waals surface area contributed by atoms with Crippen molar-refractivity contribution in [3.05, 3.63) is 65.4 Å². The lowest BCUT2D eigenvalue weighted by Crippen LogP contribution is -2.35. The maximum absolute atomic E-state index is 12.6. The molecular formula is C19H16BNO5. The van der Waals surface area contributed by atoms with Gasteiger partial charge in [0.2, 0.25) is 0 Å². The number of ketones is 1. The second-order valence-corrected chi connectivity index (χ2v) is 6.48. The molecule has 0 radical (unpaired) electrons. The van der Waals surface area contributed by atoms with Crippen molar-refractivity contribution >= 4 is 29.8 Å². The average molecular weight is 349 g/mol. The van der Waals surface area contributed by atoms with E-state index in [1.807, 2.05) is 18.3 Å². The van der Waals surface area contributed by atoms with Crippen molar-refractivity contribution < 1.29 is 24.4 Å². The van der Waals surface area contributed by atoms with Crippen LogP contribution in [-0.4, -0.2) is 34.0 Å². The lowest BCUT2D eigenvalue weighted by atomic mass is 9.64. The summed E-state index contributed by atoms with van der Waals surface area (Å²) in [6, 6.07) is 12.2. The van der Waals surface area contributed by atoms with Crippen LogP contribution in [0.25, 0.3) is 10.9 Å². The van der Waals surface area contributed by atoms with Gasteiger partial charge in [-0.1, -0.05) is 24.3 Å². The van der Waals surface area contributed by atoms with Gasteiger partial charge in [-0.25, -0.2) is 4.79 Å². The van der Waals surface area contributed by atoms with Gasteiger partial charge in [-0.15, -0.1) is 0 Å². The van der Waals surface area contributed by atoms with Gasteiger partial charge in [0.25, 0.3) is 0 Å². The minimum atomic E-state index is -1.22. The van der Waals surface area contributed by atoms with Crippen LogP contribution in [0.3, 0.4) is 0 Å². The highest BCUT2D eigenvalue weighted by Gasteiger charge is 2.37. The number of aromatic carboxylic acids is 1. The second kappa shape index (κ2) is 6.35. The molecule has 1 aliphatic heterocycles. The zero-order valence-corrected chi connectivity index (χ0v) is 13.8. The first-order chi connectivity index (χ1) is 12.5. The van der Waals surface area contributed by atoms with E-state index in [1.165, 1.54) is 6.07 Å². The molecule has 130 valence electrons. The van der Waals surface area contributed by atoms with Crippen LogP contribution >= 0.6 is 0 Å². The van der Waals surface area contributed by atoms with E-state index in [9.17, 15) is 19.7 Å². The molecule has 2 heterocycles. The van der Waals surface area contributed by atoms with Gasteiger partial charge < -0.3 is 19.8 Å². The van der Waals surface area contributed by atoms with E-state index in [2.05, 4.69) is 4.98 Å². The Hall–Kier alpha value is -3.06. The number of fused-ring (bicyclic) bond motifs is 2. The fraction of sp³-hybridized carbons (Fsp3) is 0.158. The van der Waals surface area contributed by atoms with Gasteiger partial charge in [-0.2, -0.15) is 0 Å². The largest absolute Gasteiger partial charge is 0.535 e. The summed E-state index contributed by atoms with van der Waals surface area (Å²) in [6.45, 7) is 0. The molecule has 2 aromatic carbocycles. The molecular weight excluding hydrogens is 333 g/mol. The van der Waals surface area contributed by atoms with E-state index < -0.39 is 18.9 Å². The maximum atomic E-state index is 12.6. The number of aromatic nitrogens is 1. The number of aromatic amines is 1. The SMILES string of the molecule is O=C(C[C@H]1Cc2cccc(C(=O)O)c2OB1O)c1ccc2cc[nH]c2c1. The van der Waals surface area contributed by atoms with Gasteiger partial charge in [0.15, 0.2) is 5.78 Å². The monoisotopic (exact) mass is 349 g/mol. The molecule has 7 heteroatoms. The first-order valence-corrected chi connectivity index (χ1v) is 8.33. The number of hydrogen-bond acceptors (Lipinski definition) is 4. The summed E-state index contributed by atoms with van der Waals surface area (Å²) in [7, 11) is -1.22. The first kappa shape index (κ1) is 16.4. The molecule has 0 saturated carbocycles. The smallest absolute Gasteiger partial charge is 0.526 e. The fourth-order valence-electron chi connectivity index (χ4n) is 3.40. The molecule has 0 saturated heterocycles. The predicted octanol–water partition coefficient (Wildman–Crippen LogP) is 2.92. The van der Waals surface area contributed by atoms with Crippen LogP contribution in [0.4, 0.5) is 0 Å². The summed E-state index contributed by atoms with van der Waals surface area (Å²) in [5.41, 5.74) is 2.15. The zero-order chi connectivity index (χ0) is 18.3. The second-order valence-electron chi connectivity index (χ2n) is 6.48. The van der Waals surface area contributed by atoms with E-state index in [0.717, 1.165) is 10.9 Å². The Labute approximate surface area is 149 Å². The number of H-pyrrole nitrogens is 1. The molecule has 3 N–H and O–H groups in total. The lowest BCUT2D eigenvalue weighted by Gasteiger charge is -2.28. The highest BCUT2D eigenvalue weighted by Crippen LogP contribution is 2.36. The Morgan fingerprint density at radius 1 is 1.23 bits per heavy atom. The topological polar surface area (TPSA) is 99.6 Å². The number of Topliss-reactive ketones (excluding diaryl/α,β-unsaturated/α-hetero) is 1. The third-order valence-corrected chi connectivity index (χ3v) is 4.78. The lowest BCUT2D eigenvalue weighted by molar-refractivity contribution is 0.0693. The van der Waals surface area contributed by atoms with Crippen LogP contribution in [0.1, 0.15) is 32.7 Å². The molecule has 0 aliphatic carbocycles. The van der Waals surface area contributed by atoms with Crippen molar-refractivity contribution in [1.29, 1.82) is 0 Å². The quantitative estimate of drug-likeness (QED) is 0.497. The van der Waals surface area contributed by atoms with Gasteiger partial charge in [-0.05, 0) is 35.6 Å². The fourth-order valence-corrected chi connectivity index (χ4v) is 3.40. The Morgan fingerprint density at radius 2 is 2.08 bits per heavy atom. The van der Waals surface area contributed by atoms with Crippen molar-refractivity contribution in [2.45, 2.75) is 18.7 Å². The number of carboxylic acid groups (broad SMARTS) is 1. The van der Waals surface area contributed by atoms with Crippen molar-refractivity contribution in [3.63, 3.8) is 0 Å². The third kappa shape index (κ3) is 2.86.